The third-order valence-corrected chi connectivity index (χ3v) is 1.88. The highest BCUT2D eigenvalue weighted by Crippen LogP contribution is 2.09. The van der Waals surface area contributed by atoms with Crippen LogP contribution in [0.4, 0.5) is 5.69 Å². The number of benzene rings is 1. The molecule has 0 spiro atoms. The van der Waals surface area contributed by atoms with Gasteiger partial charge in [0.15, 0.2) is 0 Å². The van der Waals surface area contributed by atoms with Gasteiger partial charge in [-0.3, -0.25) is 9.59 Å². The van der Waals surface area contributed by atoms with Crippen molar-refractivity contribution >= 4 is 17.5 Å². The van der Waals surface area contributed by atoms with E-state index in [-0.39, 0.29) is 12.5 Å². The largest absolute Gasteiger partial charge is 0.376 e. The number of carbonyl (C=O) groups excluding carboxylic acids is 2. The Morgan fingerprint density at radius 2 is 2.13 bits per heavy atom. The Morgan fingerprint density at radius 1 is 1.40 bits per heavy atom. The van der Waals surface area contributed by atoms with Gasteiger partial charge in [0.2, 0.25) is 11.8 Å². The number of anilines is 1. The maximum atomic E-state index is 10.9. The Bertz CT molecular complexity index is 377. The third kappa shape index (κ3) is 3.30. The van der Waals surface area contributed by atoms with E-state index in [0.29, 0.717) is 11.3 Å². The monoisotopic (exact) mass is 207 g/mol. The molecule has 0 aliphatic carbocycles. The van der Waals surface area contributed by atoms with Crippen LogP contribution in [0.15, 0.2) is 24.3 Å². The summed E-state index contributed by atoms with van der Waals surface area (Å²) >= 11 is 0. The number of primary amides is 1. The van der Waals surface area contributed by atoms with Gasteiger partial charge >= 0.3 is 0 Å². The molecule has 4 N–H and O–H groups in total. The van der Waals surface area contributed by atoms with Crippen molar-refractivity contribution < 1.29 is 9.59 Å². The molecule has 0 unspecified atom stereocenters. The Balaban J connectivity index is 2.66. The van der Waals surface area contributed by atoms with E-state index in [1.165, 1.54) is 0 Å². The van der Waals surface area contributed by atoms with E-state index in [9.17, 15) is 9.59 Å². The van der Waals surface area contributed by atoms with Crippen LogP contribution in [0.2, 0.25) is 0 Å². The zero-order chi connectivity index (χ0) is 11.3. The summed E-state index contributed by atoms with van der Waals surface area (Å²) < 4.78 is 0. The van der Waals surface area contributed by atoms with E-state index in [1.54, 1.807) is 31.3 Å². The van der Waals surface area contributed by atoms with Gasteiger partial charge in [0, 0.05) is 18.3 Å². The lowest BCUT2D eigenvalue weighted by atomic mass is 10.2. The quantitative estimate of drug-likeness (QED) is 0.646. The van der Waals surface area contributed by atoms with Crippen molar-refractivity contribution in [3.8, 4) is 0 Å². The fourth-order valence-electron chi connectivity index (χ4n) is 1.05. The standard InChI is InChI=1S/C10H13N3O2/c1-12-9(14)6-13-8-4-2-3-7(5-8)10(11)15/h2-5,13H,6H2,1H3,(H2,11,15)(H,12,14). The molecule has 0 saturated carbocycles. The Morgan fingerprint density at radius 3 is 2.73 bits per heavy atom. The lowest BCUT2D eigenvalue weighted by Gasteiger charge is -2.05. The predicted octanol–water partition coefficient (Wildman–Crippen LogP) is -0.0566. The molecule has 15 heavy (non-hydrogen) atoms. The predicted molar refractivity (Wildman–Crippen MR) is 57.5 cm³/mol. The Kier molecular flexibility index (Phi) is 3.68. The van der Waals surface area contributed by atoms with Gasteiger partial charge in [0.1, 0.15) is 0 Å². The topological polar surface area (TPSA) is 84.2 Å². The second-order valence-corrected chi connectivity index (χ2v) is 2.97. The van der Waals surface area contributed by atoms with Gasteiger partial charge in [0.25, 0.3) is 0 Å². The van der Waals surface area contributed by atoms with Gasteiger partial charge in [-0.25, -0.2) is 0 Å². The van der Waals surface area contributed by atoms with Crippen molar-refractivity contribution in [1.29, 1.82) is 0 Å². The van der Waals surface area contributed by atoms with E-state index in [0.717, 1.165) is 0 Å². The Labute approximate surface area is 87.7 Å². The van der Waals surface area contributed by atoms with Gasteiger partial charge < -0.3 is 16.4 Å². The van der Waals surface area contributed by atoms with Crippen LogP contribution in [0.3, 0.4) is 0 Å². The van der Waals surface area contributed by atoms with Crippen LogP contribution in [0.25, 0.3) is 0 Å². The summed E-state index contributed by atoms with van der Waals surface area (Å²) in [5.41, 5.74) is 6.22. The van der Waals surface area contributed by atoms with Crippen molar-refractivity contribution in [2.45, 2.75) is 0 Å². The van der Waals surface area contributed by atoms with Gasteiger partial charge in [0.05, 0.1) is 6.54 Å². The van der Waals surface area contributed by atoms with Gasteiger partial charge in [-0.15, -0.1) is 0 Å². The molecular weight excluding hydrogens is 194 g/mol. The molecule has 0 bridgehead atoms. The summed E-state index contributed by atoms with van der Waals surface area (Å²) in [5.74, 6) is -0.613. The summed E-state index contributed by atoms with van der Waals surface area (Å²) in [7, 11) is 1.56. The highest BCUT2D eigenvalue weighted by Gasteiger charge is 2.02. The Hall–Kier alpha value is -2.04. The van der Waals surface area contributed by atoms with Gasteiger partial charge in [-0.05, 0) is 18.2 Å². The molecule has 2 amide bonds. The van der Waals surface area contributed by atoms with E-state index < -0.39 is 5.91 Å². The molecule has 5 nitrogen and oxygen atoms in total. The molecule has 0 aromatic heterocycles. The molecule has 0 heterocycles. The van der Waals surface area contributed by atoms with Crippen LogP contribution >= 0.6 is 0 Å². The first-order chi connectivity index (χ1) is 7.13. The summed E-state index contributed by atoms with van der Waals surface area (Å²) in [5, 5.41) is 5.35. The minimum atomic E-state index is -0.487. The molecule has 0 aliphatic rings. The summed E-state index contributed by atoms with van der Waals surface area (Å²) in [6, 6.07) is 6.68. The van der Waals surface area contributed by atoms with Crippen molar-refractivity contribution in [3.63, 3.8) is 0 Å². The molecule has 1 rings (SSSR count). The van der Waals surface area contributed by atoms with E-state index >= 15 is 0 Å². The first kappa shape index (κ1) is 11.0. The van der Waals surface area contributed by atoms with Crippen LogP contribution < -0.4 is 16.4 Å². The highest BCUT2D eigenvalue weighted by atomic mass is 16.2. The van der Waals surface area contributed by atoms with E-state index in [1.807, 2.05) is 0 Å². The van der Waals surface area contributed by atoms with Crippen LogP contribution in [0.1, 0.15) is 10.4 Å². The summed E-state index contributed by atoms with van der Waals surface area (Å²) in [6.07, 6.45) is 0. The maximum Gasteiger partial charge on any atom is 0.248 e. The molecular formula is C10H13N3O2. The fraction of sp³-hybridized carbons (Fsp3) is 0.200. The molecule has 0 fully saturated rings. The molecule has 1 aromatic carbocycles. The number of amides is 2. The van der Waals surface area contributed by atoms with Crippen molar-refractivity contribution in [1.82, 2.24) is 5.32 Å². The van der Waals surface area contributed by atoms with Crippen LogP contribution in [0, 0.1) is 0 Å². The minimum absolute atomic E-state index is 0.125. The number of rotatable bonds is 4. The zero-order valence-corrected chi connectivity index (χ0v) is 8.41. The zero-order valence-electron chi connectivity index (χ0n) is 8.41. The number of nitrogens with two attached hydrogens (primary N) is 1. The minimum Gasteiger partial charge on any atom is -0.376 e. The number of likely N-dealkylation sites (N-methyl/N-ethyl adjacent to an activating group) is 1. The van der Waals surface area contributed by atoms with Crippen molar-refractivity contribution in [2.24, 2.45) is 5.73 Å². The molecule has 80 valence electrons. The van der Waals surface area contributed by atoms with Crippen LogP contribution in [-0.2, 0) is 4.79 Å². The van der Waals surface area contributed by atoms with Crippen LogP contribution in [-0.4, -0.2) is 25.4 Å². The molecule has 0 aliphatic heterocycles. The summed E-state index contributed by atoms with van der Waals surface area (Å²) in [4.78, 5) is 21.8. The van der Waals surface area contributed by atoms with Gasteiger partial charge in [-0.2, -0.15) is 0 Å². The van der Waals surface area contributed by atoms with Crippen LogP contribution in [0.5, 0.6) is 0 Å². The van der Waals surface area contributed by atoms with Crippen molar-refractivity contribution in [3.05, 3.63) is 29.8 Å². The molecule has 0 atom stereocenters. The maximum absolute atomic E-state index is 10.9. The average molecular weight is 207 g/mol. The number of hydrogen-bond donors (Lipinski definition) is 3. The molecule has 1 aromatic rings. The number of hydrogen-bond acceptors (Lipinski definition) is 3. The first-order valence-electron chi connectivity index (χ1n) is 4.48. The highest BCUT2D eigenvalue weighted by molar-refractivity contribution is 5.93. The second-order valence-electron chi connectivity index (χ2n) is 2.97. The second kappa shape index (κ2) is 4.99. The SMILES string of the molecule is CNC(=O)CNc1cccc(C(N)=O)c1. The lowest BCUT2D eigenvalue weighted by molar-refractivity contribution is -0.118. The van der Waals surface area contributed by atoms with Crippen molar-refractivity contribution in [2.75, 3.05) is 18.9 Å². The van der Waals surface area contributed by atoms with E-state index in [2.05, 4.69) is 10.6 Å². The third-order valence-electron chi connectivity index (χ3n) is 1.88. The smallest absolute Gasteiger partial charge is 0.248 e. The average Bonchev–Trinajstić information content (AvgIpc) is 2.26. The fourth-order valence-corrected chi connectivity index (χ4v) is 1.05. The molecule has 0 saturated heterocycles. The number of carbonyl (C=O) groups is 2. The van der Waals surface area contributed by atoms with E-state index in [4.69, 9.17) is 5.73 Å². The molecule has 5 heteroatoms. The normalized spacial score (nSPS) is 9.40. The first-order valence-corrected chi connectivity index (χ1v) is 4.48. The molecule has 0 radical (unpaired) electrons. The lowest BCUT2D eigenvalue weighted by Crippen LogP contribution is -2.26. The van der Waals surface area contributed by atoms with Gasteiger partial charge in [-0.1, -0.05) is 6.07 Å². The number of nitrogens with one attached hydrogen (secondary N) is 2. The summed E-state index contributed by atoms with van der Waals surface area (Å²) in [6.45, 7) is 0.165.